The summed E-state index contributed by atoms with van der Waals surface area (Å²) in [7, 11) is -3.08. The minimum Gasteiger partial charge on any atom is -0.375 e. The normalized spacial score (nSPS) is 22.1. The summed E-state index contributed by atoms with van der Waals surface area (Å²) in [5.41, 5.74) is -0.498. The molecular formula is C13H17NO4S. The topological polar surface area (TPSA) is 83.5 Å². The molecule has 1 atom stereocenters. The highest BCUT2D eigenvalue weighted by atomic mass is 32.2. The van der Waals surface area contributed by atoms with Crippen LogP contribution in [0.15, 0.2) is 24.3 Å². The molecule has 1 aromatic rings. The minimum absolute atomic E-state index is 0.0126. The maximum Gasteiger partial charge on any atom is 0.261 e. The van der Waals surface area contributed by atoms with Gasteiger partial charge in [0.25, 0.3) is 5.91 Å². The fourth-order valence-corrected chi connectivity index (χ4v) is 3.11. The van der Waals surface area contributed by atoms with E-state index in [0.717, 1.165) is 0 Å². The Hall–Kier alpha value is -1.40. The number of amides is 1. The lowest BCUT2D eigenvalue weighted by atomic mass is 9.91. The van der Waals surface area contributed by atoms with Crippen LogP contribution in [0.1, 0.15) is 25.3 Å². The summed E-state index contributed by atoms with van der Waals surface area (Å²) in [5, 5.41) is 13.1. The van der Waals surface area contributed by atoms with E-state index < -0.39 is 21.3 Å². The molecule has 104 valence electrons. The van der Waals surface area contributed by atoms with Crippen LogP contribution in [0.4, 0.5) is 5.69 Å². The van der Waals surface area contributed by atoms with Gasteiger partial charge in [-0.3, -0.25) is 4.79 Å². The second kappa shape index (κ2) is 4.94. The predicted molar refractivity (Wildman–Crippen MR) is 72.5 cm³/mol. The number of carbonyl (C=O) groups excluding carboxylic acids is 1. The van der Waals surface area contributed by atoms with Crippen molar-refractivity contribution in [3.63, 3.8) is 0 Å². The zero-order chi connectivity index (χ0) is 14.1. The number of carbonyl (C=O) groups is 1. The third-order valence-electron chi connectivity index (χ3n) is 3.43. The van der Waals surface area contributed by atoms with E-state index >= 15 is 0 Å². The molecule has 1 unspecified atom stereocenters. The molecule has 1 heterocycles. The van der Waals surface area contributed by atoms with Crippen molar-refractivity contribution < 1.29 is 18.3 Å². The average Bonchev–Trinajstić information content (AvgIpc) is 2.62. The summed E-state index contributed by atoms with van der Waals surface area (Å²) in [6.45, 7) is 1.58. The van der Waals surface area contributed by atoms with Gasteiger partial charge >= 0.3 is 0 Å². The van der Waals surface area contributed by atoms with Crippen molar-refractivity contribution in [1.29, 1.82) is 0 Å². The molecule has 0 bridgehead atoms. The highest BCUT2D eigenvalue weighted by molar-refractivity contribution is 7.91. The fourth-order valence-electron chi connectivity index (χ4n) is 2.24. The molecule has 1 aliphatic rings. The molecule has 0 saturated heterocycles. The number of fused-ring (bicyclic) bond motifs is 1. The van der Waals surface area contributed by atoms with Crippen LogP contribution in [0.3, 0.4) is 0 Å². The smallest absolute Gasteiger partial charge is 0.261 e. The van der Waals surface area contributed by atoms with Crippen molar-refractivity contribution >= 4 is 21.4 Å². The van der Waals surface area contributed by atoms with Gasteiger partial charge in [0.2, 0.25) is 0 Å². The molecule has 2 N–H and O–H groups in total. The Morgan fingerprint density at radius 3 is 2.68 bits per heavy atom. The highest BCUT2D eigenvalue weighted by Crippen LogP contribution is 2.38. The summed E-state index contributed by atoms with van der Waals surface area (Å²) in [6.07, 6.45) is 0.365. The quantitative estimate of drug-likeness (QED) is 0.845. The van der Waals surface area contributed by atoms with Crippen LogP contribution < -0.4 is 5.32 Å². The Labute approximate surface area is 112 Å². The first kappa shape index (κ1) is 14.0. The second-order valence-corrected chi connectivity index (χ2v) is 7.17. The van der Waals surface area contributed by atoms with E-state index in [1.54, 1.807) is 31.2 Å². The number of para-hydroxylation sites is 1. The number of benzene rings is 1. The molecule has 19 heavy (non-hydrogen) atoms. The highest BCUT2D eigenvalue weighted by Gasteiger charge is 2.44. The molecule has 1 aromatic carbocycles. The van der Waals surface area contributed by atoms with Gasteiger partial charge < -0.3 is 10.4 Å². The lowest BCUT2D eigenvalue weighted by molar-refractivity contribution is -0.134. The summed E-state index contributed by atoms with van der Waals surface area (Å²) >= 11 is 0. The number of sulfone groups is 1. The minimum atomic E-state index is -3.08. The van der Waals surface area contributed by atoms with Gasteiger partial charge in [-0.25, -0.2) is 8.42 Å². The standard InChI is InChI=1S/C13H17NO4S/c1-2-19(17,18)9-5-8-13(16)10-6-3-4-7-11(10)14-12(13)15/h3-4,6-7,16H,2,5,8-9H2,1H3,(H,14,15). The Morgan fingerprint density at radius 1 is 1.32 bits per heavy atom. The van der Waals surface area contributed by atoms with E-state index in [4.69, 9.17) is 0 Å². The van der Waals surface area contributed by atoms with Crippen molar-refractivity contribution in [2.24, 2.45) is 0 Å². The van der Waals surface area contributed by atoms with Gasteiger partial charge in [0, 0.05) is 17.0 Å². The molecule has 0 radical (unpaired) electrons. The van der Waals surface area contributed by atoms with Crippen LogP contribution in [-0.2, 0) is 20.2 Å². The van der Waals surface area contributed by atoms with E-state index in [9.17, 15) is 18.3 Å². The zero-order valence-corrected chi connectivity index (χ0v) is 11.5. The van der Waals surface area contributed by atoms with Gasteiger partial charge in [-0.15, -0.1) is 0 Å². The Bertz CT molecular complexity index is 596. The van der Waals surface area contributed by atoms with Gasteiger partial charge in [-0.2, -0.15) is 0 Å². The number of anilines is 1. The van der Waals surface area contributed by atoms with Crippen molar-refractivity contribution in [1.82, 2.24) is 0 Å². The van der Waals surface area contributed by atoms with Crippen LogP contribution in [0.5, 0.6) is 0 Å². The molecule has 2 rings (SSSR count). The van der Waals surface area contributed by atoms with Crippen molar-refractivity contribution in [2.45, 2.75) is 25.4 Å². The molecule has 0 fully saturated rings. The Morgan fingerprint density at radius 2 is 2.00 bits per heavy atom. The van der Waals surface area contributed by atoms with Crippen LogP contribution in [0, 0.1) is 0 Å². The first-order valence-electron chi connectivity index (χ1n) is 6.23. The largest absolute Gasteiger partial charge is 0.375 e. The maximum atomic E-state index is 11.9. The number of aliphatic hydroxyl groups is 1. The maximum absolute atomic E-state index is 11.9. The fraction of sp³-hybridized carbons (Fsp3) is 0.462. The van der Waals surface area contributed by atoms with Crippen LogP contribution in [-0.4, -0.2) is 30.9 Å². The molecule has 6 heteroatoms. The van der Waals surface area contributed by atoms with Crippen LogP contribution in [0.25, 0.3) is 0 Å². The monoisotopic (exact) mass is 283 g/mol. The first-order chi connectivity index (χ1) is 8.89. The number of hydrogen-bond acceptors (Lipinski definition) is 4. The molecule has 1 aliphatic heterocycles. The molecule has 0 saturated carbocycles. The SMILES string of the molecule is CCS(=O)(=O)CCCC1(O)C(=O)Nc2ccccc21. The summed E-state index contributed by atoms with van der Waals surface area (Å²) in [5.74, 6) is -0.419. The molecule has 0 aliphatic carbocycles. The number of rotatable bonds is 5. The molecule has 0 spiro atoms. The molecular weight excluding hydrogens is 266 g/mol. The lowest BCUT2D eigenvalue weighted by Gasteiger charge is -2.20. The number of hydrogen-bond donors (Lipinski definition) is 2. The van der Waals surface area contributed by atoms with E-state index in [-0.39, 0.29) is 24.3 Å². The summed E-state index contributed by atoms with van der Waals surface area (Å²) < 4.78 is 22.8. The lowest BCUT2D eigenvalue weighted by Crippen LogP contribution is -2.34. The Balaban J connectivity index is 2.13. The van der Waals surface area contributed by atoms with Gasteiger partial charge in [-0.05, 0) is 18.9 Å². The first-order valence-corrected chi connectivity index (χ1v) is 8.05. The van der Waals surface area contributed by atoms with Crippen LogP contribution >= 0.6 is 0 Å². The molecule has 5 nitrogen and oxygen atoms in total. The third-order valence-corrected chi connectivity index (χ3v) is 5.22. The number of nitrogens with one attached hydrogen (secondary N) is 1. The summed E-state index contributed by atoms with van der Waals surface area (Å²) in [4.78, 5) is 11.9. The zero-order valence-electron chi connectivity index (χ0n) is 10.7. The van der Waals surface area contributed by atoms with E-state index in [2.05, 4.69) is 5.32 Å². The third kappa shape index (κ3) is 2.64. The Kier molecular flexibility index (Phi) is 3.64. The van der Waals surface area contributed by atoms with Gasteiger partial charge in [0.15, 0.2) is 5.60 Å². The second-order valence-electron chi connectivity index (χ2n) is 4.70. The van der Waals surface area contributed by atoms with Crippen molar-refractivity contribution in [2.75, 3.05) is 16.8 Å². The van der Waals surface area contributed by atoms with Crippen molar-refractivity contribution in [3.8, 4) is 0 Å². The van der Waals surface area contributed by atoms with Crippen LogP contribution in [0.2, 0.25) is 0 Å². The van der Waals surface area contributed by atoms with E-state index in [0.29, 0.717) is 11.3 Å². The molecule has 0 aromatic heterocycles. The van der Waals surface area contributed by atoms with E-state index in [1.807, 2.05) is 0 Å². The summed E-state index contributed by atoms with van der Waals surface area (Å²) in [6, 6.07) is 6.91. The van der Waals surface area contributed by atoms with Gasteiger partial charge in [-0.1, -0.05) is 25.1 Å². The van der Waals surface area contributed by atoms with Crippen molar-refractivity contribution in [3.05, 3.63) is 29.8 Å². The van der Waals surface area contributed by atoms with Gasteiger partial charge in [0.1, 0.15) is 9.84 Å². The van der Waals surface area contributed by atoms with Gasteiger partial charge in [0.05, 0.1) is 5.75 Å². The molecule has 1 amide bonds. The van der Waals surface area contributed by atoms with E-state index in [1.165, 1.54) is 0 Å². The average molecular weight is 283 g/mol. The predicted octanol–water partition coefficient (Wildman–Crippen LogP) is 1.04.